The lowest BCUT2D eigenvalue weighted by Gasteiger charge is -2.23. The number of phenols is 1. The van der Waals surface area contributed by atoms with Gasteiger partial charge in [-0.15, -0.1) is 0 Å². The number of amides is 1. The highest BCUT2D eigenvalue weighted by Gasteiger charge is 2.23. The summed E-state index contributed by atoms with van der Waals surface area (Å²) in [5.74, 6) is -1.72. The van der Waals surface area contributed by atoms with E-state index in [2.05, 4.69) is 10.3 Å². The highest BCUT2D eigenvalue weighted by molar-refractivity contribution is 5.89. The highest BCUT2D eigenvalue weighted by atomic mass is 16.5. The minimum absolute atomic E-state index is 0.0429. The molecular weight excluding hydrogens is 452 g/mol. The van der Waals surface area contributed by atoms with Crippen LogP contribution in [0, 0.1) is 20.8 Å². The molecule has 0 fully saturated rings. The zero-order valence-corrected chi connectivity index (χ0v) is 19.7. The zero-order chi connectivity index (χ0) is 25.4. The molecule has 4 rings (SSSR count). The van der Waals surface area contributed by atoms with Crippen molar-refractivity contribution in [3.05, 3.63) is 69.2 Å². The second kappa shape index (κ2) is 9.17. The van der Waals surface area contributed by atoms with Gasteiger partial charge in [0.2, 0.25) is 0 Å². The number of carbonyl (C=O) groups is 2. The molecule has 0 spiro atoms. The fourth-order valence-corrected chi connectivity index (χ4v) is 4.03. The summed E-state index contributed by atoms with van der Waals surface area (Å²) >= 11 is 0. The summed E-state index contributed by atoms with van der Waals surface area (Å²) in [5, 5.41) is 25.4. The minimum atomic E-state index is -1.45. The smallest absolute Gasteiger partial charge is 0.339 e. The van der Waals surface area contributed by atoms with E-state index in [9.17, 15) is 24.6 Å². The van der Waals surface area contributed by atoms with Crippen LogP contribution in [-0.4, -0.2) is 34.1 Å². The second-order valence-corrected chi connectivity index (χ2v) is 8.59. The van der Waals surface area contributed by atoms with Gasteiger partial charge in [-0.05, 0) is 69.2 Å². The molecule has 3 N–H and O–H groups in total. The van der Waals surface area contributed by atoms with Crippen LogP contribution in [0.2, 0.25) is 0 Å². The van der Waals surface area contributed by atoms with E-state index < -0.39 is 29.6 Å². The summed E-state index contributed by atoms with van der Waals surface area (Å²) in [6, 6.07) is 6.82. The number of benzene rings is 2. The monoisotopic (exact) mass is 477 g/mol. The van der Waals surface area contributed by atoms with Crippen LogP contribution in [0.25, 0.3) is 21.9 Å². The first kappa shape index (κ1) is 23.9. The van der Waals surface area contributed by atoms with E-state index >= 15 is 0 Å². The average Bonchev–Trinajstić information content (AvgIpc) is 3.20. The number of fused-ring (bicyclic) bond motifs is 2. The van der Waals surface area contributed by atoms with Crippen LogP contribution in [0.4, 0.5) is 0 Å². The van der Waals surface area contributed by atoms with Crippen molar-refractivity contribution in [2.24, 2.45) is 0 Å². The first-order chi connectivity index (χ1) is 16.6. The van der Waals surface area contributed by atoms with E-state index in [1.807, 2.05) is 6.92 Å². The van der Waals surface area contributed by atoms with E-state index in [-0.39, 0.29) is 12.2 Å². The molecule has 0 aliphatic carbocycles. The molecule has 9 heteroatoms. The molecule has 35 heavy (non-hydrogen) atoms. The number of H-pyrrole nitrogens is 1. The van der Waals surface area contributed by atoms with Crippen LogP contribution in [0.3, 0.4) is 0 Å². The van der Waals surface area contributed by atoms with E-state index in [1.54, 1.807) is 38.2 Å². The number of rotatable bonds is 7. The molecule has 182 valence electrons. The summed E-state index contributed by atoms with van der Waals surface area (Å²) in [7, 11) is 0. The lowest BCUT2D eigenvalue weighted by atomic mass is 10.0. The van der Waals surface area contributed by atoms with Gasteiger partial charge >= 0.3 is 5.63 Å². The minimum Gasteiger partial charge on any atom is -0.548 e. The molecule has 0 unspecified atom stereocenters. The number of aromatic amines is 1. The standard InChI is InChI=1S/C26H26N2O7/c1-12-13(2)26(33)35-23-14(3)22(8-6-18(12)23)34-15(4)24(30)28-21(25(31)32)9-16-11-27-20-7-5-17(29)10-19(16)20/h5-8,10-11,15,21,27,29H,9H2,1-4H3,(H,28,30)(H,31,32)/p-1/t15-,21-/m1/s1. The lowest BCUT2D eigenvalue weighted by molar-refractivity contribution is -0.308. The summed E-state index contributed by atoms with van der Waals surface area (Å²) in [6.45, 7) is 6.74. The Hall–Kier alpha value is -4.27. The maximum atomic E-state index is 12.8. The number of carboxylic acids is 1. The Morgan fingerprint density at radius 3 is 2.57 bits per heavy atom. The van der Waals surface area contributed by atoms with Gasteiger partial charge in [0.05, 0.1) is 12.0 Å². The first-order valence-electron chi connectivity index (χ1n) is 11.1. The Labute approximate surface area is 200 Å². The molecule has 9 nitrogen and oxygen atoms in total. The molecule has 2 aromatic carbocycles. The predicted octanol–water partition coefficient (Wildman–Crippen LogP) is 2.15. The maximum absolute atomic E-state index is 12.8. The fraction of sp³-hybridized carbons (Fsp3) is 0.269. The summed E-state index contributed by atoms with van der Waals surface area (Å²) < 4.78 is 11.2. The SMILES string of the molecule is Cc1c(C)c2ccc(O[C@H](C)C(=O)N[C@H](Cc3c[nH]c4ccc(O)cc34)C(=O)[O-])c(C)c2oc1=O. The summed E-state index contributed by atoms with van der Waals surface area (Å²) in [4.78, 5) is 39.7. The molecule has 2 atom stereocenters. The zero-order valence-electron chi connectivity index (χ0n) is 19.7. The molecule has 2 aromatic heterocycles. The molecule has 0 bridgehead atoms. The Kier molecular flexibility index (Phi) is 6.26. The first-order valence-corrected chi connectivity index (χ1v) is 11.1. The van der Waals surface area contributed by atoms with Crippen LogP contribution in [0.5, 0.6) is 11.5 Å². The Morgan fingerprint density at radius 1 is 1.11 bits per heavy atom. The van der Waals surface area contributed by atoms with Crippen molar-refractivity contribution in [1.29, 1.82) is 0 Å². The molecule has 0 saturated carbocycles. The van der Waals surface area contributed by atoms with Gasteiger partial charge in [0.1, 0.15) is 17.1 Å². The van der Waals surface area contributed by atoms with Gasteiger partial charge in [-0.3, -0.25) is 4.79 Å². The van der Waals surface area contributed by atoms with E-state index in [4.69, 9.17) is 9.15 Å². The summed E-state index contributed by atoms with van der Waals surface area (Å²) in [6.07, 6.45) is 0.531. The van der Waals surface area contributed by atoms with Crippen molar-refractivity contribution >= 4 is 33.7 Å². The molecule has 0 saturated heterocycles. The van der Waals surface area contributed by atoms with E-state index in [0.717, 1.165) is 16.5 Å². The van der Waals surface area contributed by atoms with Crippen molar-refractivity contribution in [3.8, 4) is 11.5 Å². The van der Waals surface area contributed by atoms with Crippen molar-refractivity contribution in [1.82, 2.24) is 10.3 Å². The Bertz CT molecular complexity index is 1520. The average molecular weight is 477 g/mol. The molecular formula is C26H25N2O7-. The third-order valence-corrected chi connectivity index (χ3v) is 6.27. The van der Waals surface area contributed by atoms with Gasteiger partial charge < -0.3 is 34.5 Å². The maximum Gasteiger partial charge on any atom is 0.339 e. The number of carboxylic acid groups (broad SMARTS) is 1. The van der Waals surface area contributed by atoms with Gasteiger partial charge in [-0.1, -0.05) is 0 Å². The van der Waals surface area contributed by atoms with Crippen molar-refractivity contribution in [2.75, 3.05) is 0 Å². The van der Waals surface area contributed by atoms with Gasteiger partial charge in [0, 0.05) is 40.0 Å². The topological polar surface area (TPSA) is 145 Å². The lowest BCUT2D eigenvalue weighted by Crippen LogP contribution is -2.52. The number of hydrogen-bond acceptors (Lipinski definition) is 7. The quantitative estimate of drug-likeness (QED) is 0.346. The van der Waals surface area contributed by atoms with Gasteiger partial charge in [0.15, 0.2) is 6.10 Å². The van der Waals surface area contributed by atoms with E-state index in [1.165, 1.54) is 19.1 Å². The normalized spacial score (nSPS) is 13.0. The van der Waals surface area contributed by atoms with Crippen LogP contribution in [-0.2, 0) is 16.0 Å². The van der Waals surface area contributed by atoms with E-state index in [0.29, 0.717) is 33.4 Å². The van der Waals surface area contributed by atoms with Gasteiger partial charge in [-0.25, -0.2) is 4.79 Å². The predicted molar refractivity (Wildman–Crippen MR) is 127 cm³/mol. The number of ether oxygens (including phenoxy) is 1. The van der Waals surface area contributed by atoms with Gasteiger partial charge in [-0.2, -0.15) is 0 Å². The van der Waals surface area contributed by atoms with Crippen LogP contribution in [0.1, 0.15) is 29.2 Å². The number of aromatic hydroxyl groups is 1. The number of phenolic OH excluding ortho intramolecular Hbond substituents is 1. The third-order valence-electron chi connectivity index (χ3n) is 6.27. The van der Waals surface area contributed by atoms with Crippen molar-refractivity contribution in [3.63, 3.8) is 0 Å². The Morgan fingerprint density at radius 2 is 1.86 bits per heavy atom. The molecule has 0 radical (unpaired) electrons. The molecule has 1 amide bonds. The number of aromatic nitrogens is 1. The highest BCUT2D eigenvalue weighted by Crippen LogP contribution is 2.30. The second-order valence-electron chi connectivity index (χ2n) is 8.59. The molecule has 0 aliphatic heterocycles. The third kappa shape index (κ3) is 4.57. The van der Waals surface area contributed by atoms with Gasteiger partial charge in [0.25, 0.3) is 5.91 Å². The number of aryl methyl sites for hydroxylation is 2. The number of carbonyl (C=O) groups excluding carboxylic acids is 2. The summed E-state index contributed by atoms with van der Waals surface area (Å²) in [5.41, 5.74) is 3.14. The number of hydrogen-bond donors (Lipinski definition) is 3. The van der Waals surface area contributed by atoms with Crippen molar-refractivity contribution < 1.29 is 29.0 Å². The molecule has 2 heterocycles. The van der Waals surface area contributed by atoms with Crippen LogP contribution in [0.15, 0.2) is 45.7 Å². The fourth-order valence-electron chi connectivity index (χ4n) is 4.03. The number of aliphatic carboxylic acids is 1. The van der Waals surface area contributed by atoms with Crippen LogP contribution < -0.4 is 20.8 Å². The largest absolute Gasteiger partial charge is 0.548 e. The van der Waals surface area contributed by atoms with Crippen LogP contribution >= 0.6 is 0 Å². The number of nitrogens with one attached hydrogen (secondary N) is 2. The molecule has 4 aromatic rings. The van der Waals surface area contributed by atoms with Crippen molar-refractivity contribution in [2.45, 2.75) is 46.3 Å². The Balaban J connectivity index is 1.52. The molecule has 0 aliphatic rings.